The molecule has 2 aromatic heterocycles. The summed E-state index contributed by atoms with van der Waals surface area (Å²) in [5.41, 5.74) is 3.43. The van der Waals surface area contributed by atoms with Crippen molar-refractivity contribution in [3.63, 3.8) is 0 Å². The van der Waals surface area contributed by atoms with Gasteiger partial charge in [0.1, 0.15) is 5.69 Å². The molecule has 3 fully saturated rings. The second-order valence-electron chi connectivity index (χ2n) is 8.34. The average Bonchev–Trinajstić information content (AvgIpc) is 3.06. The van der Waals surface area contributed by atoms with Gasteiger partial charge in [0.2, 0.25) is 0 Å². The number of benzene rings is 1. The van der Waals surface area contributed by atoms with Gasteiger partial charge in [0.15, 0.2) is 5.82 Å². The minimum Gasteiger partial charge on any atom is -0.297 e. The maximum absolute atomic E-state index is 4.56. The molecule has 0 saturated carbocycles. The molecule has 148 valence electrons. The fraction of sp³-hybridized carbons (Fsp3) is 0.375. The average molecular weight is 386 g/mol. The normalized spacial score (nSPS) is 22.5. The summed E-state index contributed by atoms with van der Waals surface area (Å²) >= 11 is 0. The van der Waals surface area contributed by atoms with Crippen molar-refractivity contribution in [2.45, 2.75) is 32.0 Å². The van der Waals surface area contributed by atoms with Crippen LogP contribution in [0, 0.1) is 5.92 Å². The SMILES string of the molecule is c1ccc(CN2C[C@@H]3CC[C@H](C2)N(Cc2cnc(-c4ccccn4)nc2)C3)cc1. The monoisotopic (exact) mass is 385 g/mol. The summed E-state index contributed by atoms with van der Waals surface area (Å²) in [4.78, 5) is 18.8. The van der Waals surface area contributed by atoms with E-state index in [4.69, 9.17) is 0 Å². The molecule has 5 heteroatoms. The molecule has 0 radical (unpaired) electrons. The molecule has 3 aliphatic heterocycles. The number of hydrogen-bond acceptors (Lipinski definition) is 5. The maximum atomic E-state index is 4.56. The van der Waals surface area contributed by atoms with Gasteiger partial charge in [0.05, 0.1) is 0 Å². The van der Waals surface area contributed by atoms with Gasteiger partial charge in [-0.1, -0.05) is 36.4 Å². The standard InChI is InChI=1S/C24H27N5/c1-2-6-19(7-3-1)14-28-15-20-9-10-22(18-28)29(16-20)17-21-12-26-24(27-13-21)23-8-4-5-11-25-23/h1-8,11-13,20,22H,9-10,14-18H2/t20-,22+/m0/s1. The van der Waals surface area contributed by atoms with Crippen molar-refractivity contribution in [2.75, 3.05) is 19.6 Å². The lowest BCUT2D eigenvalue weighted by molar-refractivity contribution is 0.123. The Morgan fingerprint density at radius 3 is 2.38 bits per heavy atom. The lowest BCUT2D eigenvalue weighted by Crippen LogP contribution is -2.43. The largest absolute Gasteiger partial charge is 0.297 e. The highest BCUT2D eigenvalue weighted by molar-refractivity contribution is 5.47. The highest BCUT2D eigenvalue weighted by Crippen LogP contribution is 2.30. The van der Waals surface area contributed by atoms with E-state index in [1.165, 1.54) is 37.1 Å². The summed E-state index contributed by atoms with van der Waals surface area (Å²) in [6.45, 7) is 5.53. The van der Waals surface area contributed by atoms with E-state index in [0.717, 1.165) is 31.2 Å². The first-order valence-corrected chi connectivity index (χ1v) is 10.6. The van der Waals surface area contributed by atoms with Crippen LogP contribution in [0.15, 0.2) is 67.1 Å². The molecule has 3 aromatic rings. The molecule has 1 aromatic carbocycles. The van der Waals surface area contributed by atoms with E-state index in [1.807, 2.05) is 30.6 Å². The van der Waals surface area contributed by atoms with E-state index in [0.29, 0.717) is 11.9 Å². The lowest BCUT2D eigenvalue weighted by Gasteiger charge is -2.36. The van der Waals surface area contributed by atoms with Crippen LogP contribution in [0.25, 0.3) is 11.5 Å². The van der Waals surface area contributed by atoms with Crippen LogP contribution < -0.4 is 0 Å². The summed E-state index contributed by atoms with van der Waals surface area (Å²) in [6, 6.07) is 17.3. The van der Waals surface area contributed by atoms with Gasteiger partial charge < -0.3 is 0 Å². The first-order chi connectivity index (χ1) is 14.3. The number of piperidine rings is 1. The highest BCUT2D eigenvalue weighted by atomic mass is 15.3. The van der Waals surface area contributed by atoms with Crippen LogP contribution in [0.1, 0.15) is 24.0 Å². The zero-order valence-corrected chi connectivity index (χ0v) is 16.7. The molecular formula is C24H27N5. The van der Waals surface area contributed by atoms with Gasteiger partial charge in [-0.2, -0.15) is 0 Å². The molecule has 3 saturated heterocycles. The van der Waals surface area contributed by atoms with Gasteiger partial charge >= 0.3 is 0 Å². The summed E-state index contributed by atoms with van der Waals surface area (Å²) in [7, 11) is 0. The van der Waals surface area contributed by atoms with Crippen molar-refractivity contribution < 1.29 is 0 Å². The van der Waals surface area contributed by atoms with Crippen LogP contribution in [0.5, 0.6) is 0 Å². The first kappa shape index (κ1) is 18.4. The predicted octanol–water partition coefficient (Wildman–Crippen LogP) is 3.64. The van der Waals surface area contributed by atoms with Crippen molar-refractivity contribution in [2.24, 2.45) is 5.92 Å². The van der Waals surface area contributed by atoms with E-state index in [9.17, 15) is 0 Å². The molecule has 0 aliphatic carbocycles. The van der Waals surface area contributed by atoms with E-state index in [1.54, 1.807) is 6.20 Å². The zero-order valence-electron chi connectivity index (χ0n) is 16.7. The number of hydrogen-bond donors (Lipinski definition) is 0. The Balaban J connectivity index is 1.25. The van der Waals surface area contributed by atoms with Crippen LogP contribution >= 0.6 is 0 Å². The van der Waals surface area contributed by atoms with Crippen LogP contribution in [0.3, 0.4) is 0 Å². The third-order valence-corrected chi connectivity index (χ3v) is 6.14. The minimum atomic E-state index is 0.618. The number of pyridine rings is 1. The Kier molecular flexibility index (Phi) is 5.33. The van der Waals surface area contributed by atoms with Crippen LogP contribution in [0.4, 0.5) is 0 Å². The third-order valence-electron chi connectivity index (χ3n) is 6.14. The Morgan fingerprint density at radius 2 is 1.59 bits per heavy atom. The third kappa shape index (κ3) is 4.36. The Bertz CT molecular complexity index is 913. The fourth-order valence-electron chi connectivity index (χ4n) is 4.74. The second-order valence-corrected chi connectivity index (χ2v) is 8.34. The molecular weight excluding hydrogens is 358 g/mol. The molecule has 5 nitrogen and oxygen atoms in total. The lowest BCUT2D eigenvalue weighted by atomic mass is 9.95. The summed E-state index contributed by atoms with van der Waals surface area (Å²) in [6.07, 6.45) is 8.36. The smallest absolute Gasteiger partial charge is 0.178 e. The maximum Gasteiger partial charge on any atom is 0.178 e. The predicted molar refractivity (Wildman–Crippen MR) is 114 cm³/mol. The van der Waals surface area contributed by atoms with Gasteiger partial charge in [0.25, 0.3) is 0 Å². The quantitative estimate of drug-likeness (QED) is 0.671. The van der Waals surface area contributed by atoms with E-state index in [-0.39, 0.29) is 0 Å². The molecule has 0 N–H and O–H groups in total. The fourth-order valence-corrected chi connectivity index (χ4v) is 4.74. The minimum absolute atomic E-state index is 0.618. The molecule has 0 spiro atoms. The van der Waals surface area contributed by atoms with E-state index >= 15 is 0 Å². The summed E-state index contributed by atoms with van der Waals surface area (Å²) < 4.78 is 0. The van der Waals surface area contributed by atoms with Crippen LogP contribution in [0.2, 0.25) is 0 Å². The van der Waals surface area contributed by atoms with Crippen LogP contribution in [-0.4, -0.2) is 50.4 Å². The van der Waals surface area contributed by atoms with Gasteiger partial charge in [-0.15, -0.1) is 0 Å². The van der Waals surface area contributed by atoms with E-state index in [2.05, 4.69) is 55.1 Å². The first-order valence-electron chi connectivity index (χ1n) is 10.6. The number of aromatic nitrogens is 3. The molecule has 3 aliphatic rings. The van der Waals surface area contributed by atoms with Crippen LogP contribution in [-0.2, 0) is 13.1 Å². The van der Waals surface area contributed by atoms with Crippen molar-refractivity contribution in [3.05, 3.63) is 78.2 Å². The molecule has 2 bridgehead atoms. The molecule has 6 rings (SSSR count). The van der Waals surface area contributed by atoms with Crippen molar-refractivity contribution in [1.29, 1.82) is 0 Å². The second kappa shape index (κ2) is 8.39. The van der Waals surface area contributed by atoms with Gasteiger partial charge in [-0.3, -0.25) is 14.8 Å². The molecule has 0 amide bonds. The number of rotatable bonds is 5. The van der Waals surface area contributed by atoms with Crippen molar-refractivity contribution >= 4 is 0 Å². The highest BCUT2D eigenvalue weighted by Gasteiger charge is 2.34. The Hall–Kier alpha value is -2.63. The zero-order chi connectivity index (χ0) is 19.5. The molecule has 0 unspecified atom stereocenters. The van der Waals surface area contributed by atoms with E-state index < -0.39 is 0 Å². The molecule has 29 heavy (non-hydrogen) atoms. The summed E-state index contributed by atoms with van der Waals surface area (Å²) in [5.74, 6) is 1.45. The Morgan fingerprint density at radius 1 is 0.759 bits per heavy atom. The molecule has 5 heterocycles. The van der Waals surface area contributed by atoms with Crippen molar-refractivity contribution in [3.8, 4) is 11.5 Å². The summed E-state index contributed by atoms with van der Waals surface area (Å²) in [5, 5.41) is 0. The van der Waals surface area contributed by atoms with Gasteiger partial charge in [-0.25, -0.2) is 9.97 Å². The Labute approximate surface area is 172 Å². The van der Waals surface area contributed by atoms with Crippen molar-refractivity contribution in [1.82, 2.24) is 24.8 Å². The van der Waals surface area contributed by atoms with Gasteiger partial charge in [0, 0.05) is 62.9 Å². The number of fused-ring (bicyclic) bond motifs is 4. The number of nitrogens with zero attached hydrogens (tertiary/aromatic N) is 5. The molecule has 2 atom stereocenters. The topological polar surface area (TPSA) is 45.2 Å². The van der Waals surface area contributed by atoms with Gasteiger partial charge in [-0.05, 0) is 36.5 Å².